The first-order valence-electron chi connectivity index (χ1n) is 5.28. The summed E-state index contributed by atoms with van der Waals surface area (Å²) in [5, 5.41) is 10.9. The number of hydrogen-bond acceptors (Lipinski definition) is 3. The molecule has 0 saturated carbocycles. The Morgan fingerprint density at radius 2 is 2.11 bits per heavy atom. The molecule has 0 aromatic heterocycles. The number of ketones is 1. The van der Waals surface area contributed by atoms with E-state index >= 15 is 0 Å². The molecule has 0 fully saturated rings. The summed E-state index contributed by atoms with van der Waals surface area (Å²) >= 11 is 0. The van der Waals surface area contributed by atoms with Gasteiger partial charge in [-0.15, -0.1) is 6.58 Å². The Hall–Kier alpha value is -2.55. The normalized spacial score (nSPS) is 11.2. The molecule has 0 saturated heterocycles. The number of rotatable bonds is 5. The topological polar surface area (TPSA) is 70.0 Å². The molecule has 0 aliphatic carbocycles. The minimum atomic E-state index is -1.51. The van der Waals surface area contributed by atoms with E-state index in [1.165, 1.54) is 6.08 Å². The van der Waals surface area contributed by atoms with Gasteiger partial charge < -0.3 is 5.32 Å². The van der Waals surface area contributed by atoms with E-state index in [0.717, 1.165) is 18.2 Å². The van der Waals surface area contributed by atoms with E-state index in [4.69, 9.17) is 5.26 Å². The Morgan fingerprint density at radius 1 is 1.42 bits per heavy atom. The zero-order chi connectivity index (χ0) is 14.4. The summed E-state index contributed by atoms with van der Waals surface area (Å²) < 4.78 is 25.6. The second kappa shape index (κ2) is 6.40. The largest absolute Gasteiger partial charge is 0.324 e. The molecule has 1 amide bonds. The van der Waals surface area contributed by atoms with Gasteiger partial charge in [-0.2, -0.15) is 5.26 Å². The molecule has 0 bridgehead atoms. The number of Topliss-reactive ketones (excluding diaryl/α,β-unsaturated/α-hetero) is 1. The number of benzene rings is 1. The third kappa shape index (κ3) is 3.71. The average molecular weight is 264 g/mol. The van der Waals surface area contributed by atoms with Gasteiger partial charge in [0.25, 0.3) is 0 Å². The Bertz CT molecular complexity index is 564. The van der Waals surface area contributed by atoms with Crippen LogP contribution in [-0.2, 0) is 9.59 Å². The molecule has 19 heavy (non-hydrogen) atoms. The number of allylic oxidation sites excluding steroid dienone is 1. The molecule has 1 unspecified atom stereocenters. The summed E-state index contributed by atoms with van der Waals surface area (Å²) in [7, 11) is 0. The number of nitriles is 1. The molecule has 0 heterocycles. The number of halogens is 2. The summed E-state index contributed by atoms with van der Waals surface area (Å²) in [6, 6.07) is 4.28. The molecule has 6 heteroatoms. The number of nitrogens with one attached hydrogen (secondary N) is 1. The lowest BCUT2D eigenvalue weighted by atomic mass is 10.0. The summed E-state index contributed by atoms with van der Waals surface area (Å²) in [5.74, 6) is -5.20. The van der Waals surface area contributed by atoms with E-state index < -0.39 is 29.2 Å². The summed E-state index contributed by atoms with van der Waals surface area (Å²) in [6.45, 7) is 3.33. The summed E-state index contributed by atoms with van der Waals surface area (Å²) in [6.07, 6.45) is 1.15. The van der Waals surface area contributed by atoms with Crippen LogP contribution in [0.25, 0.3) is 0 Å². The number of hydrogen-bond donors (Lipinski definition) is 1. The Labute approximate surface area is 108 Å². The summed E-state index contributed by atoms with van der Waals surface area (Å²) in [4.78, 5) is 23.1. The molecule has 0 aliphatic rings. The van der Waals surface area contributed by atoms with Gasteiger partial charge in [0.15, 0.2) is 23.3 Å². The van der Waals surface area contributed by atoms with Crippen molar-refractivity contribution in [1.29, 1.82) is 5.26 Å². The number of amides is 1. The van der Waals surface area contributed by atoms with E-state index in [1.807, 2.05) is 0 Å². The maximum Gasteiger partial charge on any atom is 0.249 e. The average Bonchev–Trinajstić information content (AvgIpc) is 2.35. The molecule has 1 rings (SSSR count). The van der Waals surface area contributed by atoms with Crippen LogP contribution in [0, 0.1) is 28.9 Å². The fraction of sp³-hybridized carbons (Fsp3) is 0.154. The Morgan fingerprint density at radius 3 is 2.63 bits per heavy atom. The minimum Gasteiger partial charge on any atom is -0.324 e. The lowest BCUT2D eigenvalue weighted by Gasteiger charge is -2.08. The monoisotopic (exact) mass is 264 g/mol. The van der Waals surface area contributed by atoms with Gasteiger partial charge in [-0.3, -0.25) is 9.59 Å². The van der Waals surface area contributed by atoms with Crippen molar-refractivity contribution < 1.29 is 18.4 Å². The molecule has 1 aromatic carbocycles. The van der Waals surface area contributed by atoms with Gasteiger partial charge in [0, 0.05) is 18.2 Å². The second-order valence-corrected chi connectivity index (χ2v) is 3.64. The van der Waals surface area contributed by atoms with Crippen molar-refractivity contribution in [1.82, 2.24) is 0 Å². The molecule has 1 N–H and O–H groups in total. The lowest BCUT2D eigenvalue weighted by Crippen LogP contribution is -2.28. The van der Waals surface area contributed by atoms with Gasteiger partial charge in [-0.05, 0) is 12.1 Å². The molecule has 4 nitrogen and oxygen atoms in total. The third-order valence-electron chi connectivity index (χ3n) is 2.25. The van der Waals surface area contributed by atoms with Crippen molar-refractivity contribution in [2.45, 2.75) is 6.42 Å². The zero-order valence-corrected chi connectivity index (χ0v) is 9.82. The SMILES string of the molecule is C=CCC(=O)C(C#N)C(=O)Nc1ccc(F)c(F)c1. The van der Waals surface area contributed by atoms with Gasteiger partial charge in [-0.1, -0.05) is 6.08 Å². The van der Waals surface area contributed by atoms with E-state index in [1.54, 1.807) is 6.07 Å². The predicted octanol–water partition coefficient (Wildman–Crippen LogP) is 2.19. The van der Waals surface area contributed by atoms with E-state index in [2.05, 4.69) is 11.9 Å². The summed E-state index contributed by atoms with van der Waals surface area (Å²) in [5.41, 5.74) is -0.0319. The highest BCUT2D eigenvalue weighted by Gasteiger charge is 2.25. The Balaban J connectivity index is 2.83. The smallest absolute Gasteiger partial charge is 0.249 e. The van der Waals surface area contributed by atoms with Crippen LogP contribution < -0.4 is 5.32 Å². The van der Waals surface area contributed by atoms with Crippen molar-refractivity contribution in [3.63, 3.8) is 0 Å². The van der Waals surface area contributed by atoms with E-state index in [-0.39, 0.29) is 12.1 Å². The highest BCUT2D eigenvalue weighted by Crippen LogP contribution is 2.14. The number of carbonyl (C=O) groups excluding carboxylic acids is 2. The van der Waals surface area contributed by atoms with Gasteiger partial charge in [0.1, 0.15) is 0 Å². The first kappa shape index (κ1) is 14.5. The van der Waals surface area contributed by atoms with Crippen LogP contribution in [-0.4, -0.2) is 11.7 Å². The fourth-order valence-electron chi connectivity index (χ4n) is 1.33. The first-order chi connectivity index (χ1) is 8.99. The van der Waals surface area contributed by atoms with Gasteiger partial charge in [0.05, 0.1) is 6.07 Å². The van der Waals surface area contributed by atoms with Crippen molar-refractivity contribution >= 4 is 17.4 Å². The molecule has 0 radical (unpaired) electrons. The van der Waals surface area contributed by atoms with Crippen LogP contribution in [0.2, 0.25) is 0 Å². The quantitative estimate of drug-likeness (QED) is 0.654. The van der Waals surface area contributed by atoms with Crippen molar-refractivity contribution in [3.05, 3.63) is 42.5 Å². The number of nitrogens with zero attached hydrogens (tertiary/aromatic N) is 1. The van der Waals surface area contributed by atoms with E-state index in [9.17, 15) is 18.4 Å². The molecular weight excluding hydrogens is 254 g/mol. The maximum absolute atomic E-state index is 12.9. The van der Waals surface area contributed by atoms with Gasteiger partial charge in [0.2, 0.25) is 5.91 Å². The lowest BCUT2D eigenvalue weighted by molar-refractivity contribution is -0.128. The zero-order valence-electron chi connectivity index (χ0n) is 9.82. The van der Waals surface area contributed by atoms with Gasteiger partial charge >= 0.3 is 0 Å². The third-order valence-corrected chi connectivity index (χ3v) is 2.25. The highest BCUT2D eigenvalue weighted by atomic mass is 19.2. The van der Waals surface area contributed by atoms with E-state index in [0.29, 0.717) is 0 Å². The molecule has 0 aliphatic heterocycles. The van der Waals surface area contributed by atoms with Crippen molar-refractivity contribution in [2.24, 2.45) is 5.92 Å². The Kier molecular flexibility index (Phi) is 4.89. The van der Waals surface area contributed by atoms with Crippen LogP contribution in [0.3, 0.4) is 0 Å². The second-order valence-electron chi connectivity index (χ2n) is 3.64. The number of carbonyl (C=O) groups is 2. The van der Waals surface area contributed by atoms with Crippen LogP contribution >= 0.6 is 0 Å². The van der Waals surface area contributed by atoms with Crippen LogP contribution in [0.5, 0.6) is 0 Å². The molecule has 1 aromatic rings. The molecule has 98 valence electrons. The van der Waals surface area contributed by atoms with Crippen LogP contribution in [0.15, 0.2) is 30.9 Å². The maximum atomic E-state index is 12.9. The van der Waals surface area contributed by atoms with Crippen LogP contribution in [0.4, 0.5) is 14.5 Å². The molecule has 0 spiro atoms. The minimum absolute atomic E-state index is 0.0319. The van der Waals surface area contributed by atoms with Gasteiger partial charge in [-0.25, -0.2) is 8.78 Å². The fourth-order valence-corrected chi connectivity index (χ4v) is 1.33. The molecule has 1 atom stereocenters. The molecular formula is C13H10F2N2O2. The number of anilines is 1. The van der Waals surface area contributed by atoms with Crippen molar-refractivity contribution in [2.75, 3.05) is 5.32 Å². The van der Waals surface area contributed by atoms with Crippen molar-refractivity contribution in [3.8, 4) is 6.07 Å². The highest BCUT2D eigenvalue weighted by molar-refractivity contribution is 6.09. The predicted molar refractivity (Wildman–Crippen MR) is 63.9 cm³/mol. The standard InChI is InChI=1S/C13H10F2N2O2/c1-2-3-12(18)9(7-16)13(19)17-8-4-5-10(14)11(15)6-8/h2,4-6,9H,1,3H2,(H,17,19). The first-order valence-corrected chi connectivity index (χ1v) is 5.28. The van der Waals surface area contributed by atoms with Crippen LogP contribution in [0.1, 0.15) is 6.42 Å².